The number of ether oxygens (including phenoxy) is 1. The summed E-state index contributed by atoms with van der Waals surface area (Å²) in [5.41, 5.74) is 0. The smallest absolute Gasteiger partial charge is 0.330 e. The molecule has 1 N–H and O–H groups in total. The molecule has 0 heterocycles. The Morgan fingerprint density at radius 3 is 2.73 bits per heavy atom. The third kappa shape index (κ3) is 3.88. The standard InChI is InChI=1S/C12H18O3/c1-2-5-12(14)15-9-11-7-4-3-6-10(11)8-13/h2-5,10-11,13H,6-9H2,1H3/b5-2+/t10-,11+/m0/s1. The molecule has 3 nitrogen and oxygen atoms in total. The van der Waals surface area contributed by atoms with Crippen LogP contribution in [-0.2, 0) is 9.53 Å². The summed E-state index contributed by atoms with van der Waals surface area (Å²) >= 11 is 0. The van der Waals surface area contributed by atoms with Crippen molar-refractivity contribution in [3.05, 3.63) is 24.3 Å². The molecule has 0 aromatic rings. The fraction of sp³-hybridized carbons (Fsp3) is 0.583. The van der Waals surface area contributed by atoms with Crippen molar-refractivity contribution in [1.82, 2.24) is 0 Å². The van der Waals surface area contributed by atoms with Gasteiger partial charge in [-0.1, -0.05) is 18.2 Å². The SMILES string of the molecule is C/C=C/C(=O)OC[C@H]1CC=CC[C@H]1CO. The highest BCUT2D eigenvalue weighted by Gasteiger charge is 2.22. The highest BCUT2D eigenvalue weighted by Crippen LogP contribution is 2.25. The van der Waals surface area contributed by atoms with Crippen LogP contribution in [0.15, 0.2) is 24.3 Å². The Labute approximate surface area is 90.4 Å². The fourth-order valence-electron chi connectivity index (χ4n) is 1.73. The second-order valence-corrected chi connectivity index (χ2v) is 3.78. The Kier molecular flexibility index (Phi) is 5.12. The Morgan fingerprint density at radius 2 is 2.13 bits per heavy atom. The molecule has 0 amide bonds. The van der Waals surface area contributed by atoms with Crippen LogP contribution in [0, 0.1) is 11.8 Å². The number of esters is 1. The van der Waals surface area contributed by atoms with E-state index in [-0.39, 0.29) is 24.4 Å². The van der Waals surface area contributed by atoms with Gasteiger partial charge in [-0.05, 0) is 25.7 Å². The number of hydrogen-bond acceptors (Lipinski definition) is 3. The monoisotopic (exact) mass is 210 g/mol. The van der Waals surface area contributed by atoms with Crippen LogP contribution >= 0.6 is 0 Å². The van der Waals surface area contributed by atoms with Gasteiger partial charge < -0.3 is 9.84 Å². The van der Waals surface area contributed by atoms with E-state index in [4.69, 9.17) is 9.84 Å². The van der Waals surface area contributed by atoms with Gasteiger partial charge in [0.2, 0.25) is 0 Å². The minimum Gasteiger partial charge on any atom is -0.462 e. The van der Waals surface area contributed by atoms with Crippen LogP contribution in [0.5, 0.6) is 0 Å². The summed E-state index contributed by atoms with van der Waals surface area (Å²) in [7, 11) is 0. The van der Waals surface area contributed by atoms with Gasteiger partial charge in [0.25, 0.3) is 0 Å². The predicted octanol–water partition coefficient (Wildman–Crippen LogP) is 1.68. The van der Waals surface area contributed by atoms with Gasteiger partial charge in [0, 0.05) is 18.6 Å². The largest absolute Gasteiger partial charge is 0.462 e. The molecule has 0 saturated heterocycles. The lowest BCUT2D eigenvalue weighted by Gasteiger charge is -2.26. The second-order valence-electron chi connectivity index (χ2n) is 3.78. The van der Waals surface area contributed by atoms with Crippen LogP contribution < -0.4 is 0 Å². The Balaban J connectivity index is 2.36. The van der Waals surface area contributed by atoms with E-state index in [0.717, 1.165) is 12.8 Å². The highest BCUT2D eigenvalue weighted by atomic mass is 16.5. The maximum Gasteiger partial charge on any atom is 0.330 e. The Morgan fingerprint density at radius 1 is 1.47 bits per heavy atom. The Hall–Kier alpha value is -1.09. The lowest BCUT2D eigenvalue weighted by atomic mass is 9.84. The second kappa shape index (κ2) is 6.40. The van der Waals surface area contributed by atoms with Crippen LogP contribution in [0.4, 0.5) is 0 Å². The van der Waals surface area contributed by atoms with Crippen molar-refractivity contribution in [2.75, 3.05) is 13.2 Å². The molecule has 0 radical (unpaired) electrons. The van der Waals surface area contributed by atoms with E-state index in [9.17, 15) is 4.79 Å². The number of carbonyl (C=O) groups is 1. The van der Waals surface area contributed by atoms with Crippen molar-refractivity contribution in [3.8, 4) is 0 Å². The summed E-state index contributed by atoms with van der Waals surface area (Å²) in [4.78, 5) is 11.1. The van der Waals surface area contributed by atoms with Crippen molar-refractivity contribution < 1.29 is 14.6 Å². The maximum atomic E-state index is 11.1. The average molecular weight is 210 g/mol. The molecule has 0 bridgehead atoms. The van der Waals surface area contributed by atoms with Gasteiger partial charge in [-0.25, -0.2) is 4.79 Å². The first-order valence-electron chi connectivity index (χ1n) is 5.33. The number of allylic oxidation sites excluding steroid dienone is 3. The summed E-state index contributed by atoms with van der Waals surface area (Å²) < 4.78 is 5.08. The third-order valence-corrected chi connectivity index (χ3v) is 2.69. The molecule has 0 spiro atoms. The summed E-state index contributed by atoms with van der Waals surface area (Å²) in [5.74, 6) is 0.186. The first kappa shape index (κ1) is 12.0. The zero-order valence-electron chi connectivity index (χ0n) is 9.06. The van der Waals surface area contributed by atoms with E-state index in [1.807, 2.05) is 0 Å². The molecule has 0 saturated carbocycles. The van der Waals surface area contributed by atoms with Crippen LogP contribution in [-0.4, -0.2) is 24.3 Å². The quantitative estimate of drug-likeness (QED) is 0.436. The lowest BCUT2D eigenvalue weighted by molar-refractivity contribution is -0.139. The van der Waals surface area contributed by atoms with Crippen LogP contribution in [0.25, 0.3) is 0 Å². The molecule has 1 aliphatic carbocycles. The highest BCUT2D eigenvalue weighted by molar-refractivity contribution is 5.81. The summed E-state index contributed by atoms with van der Waals surface area (Å²) in [6, 6.07) is 0. The van der Waals surface area contributed by atoms with Crippen molar-refractivity contribution in [2.45, 2.75) is 19.8 Å². The molecule has 1 aliphatic rings. The molecular weight excluding hydrogens is 192 g/mol. The van der Waals surface area contributed by atoms with Crippen molar-refractivity contribution in [1.29, 1.82) is 0 Å². The van der Waals surface area contributed by atoms with Gasteiger partial charge in [0.15, 0.2) is 0 Å². The number of aliphatic hydroxyl groups is 1. The zero-order valence-corrected chi connectivity index (χ0v) is 9.06. The first-order valence-corrected chi connectivity index (χ1v) is 5.33. The van der Waals surface area contributed by atoms with E-state index < -0.39 is 0 Å². The van der Waals surface area contributed by atoms with Gasteiger partial charge in [-0.2, -0.15) is 0 Å². The molecule has 0 aliphatic heterocycles. The zero-order chi connectivity index (χ0) is 11.1. The molecular formula is C12H18O3. The van der Waals surface area contributed by atoms with E-state index in [0.29, 0.717) is 6.61 Å². The summed E-state index contributed by atoms with van der Waals surface area (Å²) in [5, 5.41) is 9.14. The number of carbonyl (C=O) groups excluding carboxylic acids is 1. The first-order chi connectivity index (χ1) is 7.27. The number of hydrogen-bond donors (Lipinski definition) is 1. The van der Waals surface area contributed by atoms with Gasteiger partial charge >= 0.3 is 5.97 Å². The Bertz CT molecular complexity index is 256. The molecule has 0 aromatic heterocycles. The van der Waals surface area contributed by atoms with Gasteiger partial charge in [-0.15, -0.1) is 0 Å². The molecule has 15 heavy (non-hydrogen) atoms. The van der Waals surface area contributed by atoms with Gasteiger partial charge in [0.1, 0.15) is 0 Å². The number of rotatable bonds is 4. The molecule has 0 aromatic carbocycles. The molecule has 3 heteroatoms. The topological polar surface area (TPSA) is 46.5 Å². The van der Waals surface area contributed by atoms with E-state index in [1.165, 1.54) is 6.08 Å². The molecule has 84 valence electrons. The number of aliphatic hydroxyl groups excluding tert-OH is 1. The molecule has 1 rings (SSSR count). The molecule has 0 fully saturated rings. The fourth-order valence-corrected chi connectivity index (χ4v) is 1.73. The predicted molar refractivity (Wildman–Crippen MR) is 58.2 cm³/mol. The van der Waals surface area contributed by atoms with Gasteiger partial charge in [-0.3, -0.25) is 0 Å². The lowest BCUT2D eigenvalue weighted by Crippen LogP contribution is -2.25. The average Bonchev–Trinajstić information content (AvgIpc) is 2.27. The molecule has 0 unspecified atom stereocenters. The minimum atomic E-state index is -0.302. The maximum absolute atomic E-state index is 11.1. The van der Waals surface area contributed by atoms with Crippen LogP contribution in [0.1, 0.15) is 19.8 Å². The van der Waals surface area contributed by atoms with Crippen molar-refractivity contribution >= 4 is 5.97 Å². The third-order valence-electron chi connectivity index (χ3n) is 2.69. The molecule has 2 atom stereocenters. The van der Waals surface area contributed by atoms with Gasteiger partial charge in [0.05, 0.1) is 6.61 Å². The summed E-state index contributed by atoms with van der Waals surface area (Å²) in [6.07, 6.45) is 8.99. The van der Waals surface area contributed by atoms with E-state index in [2.05, 4.69) is 12.2 Å². The van der Waals surface area contributed by atoms with E-state index >= 15 is 0 Å². The van der Waals surface area contributed by atoms with Crippen LogP contribution in [0.3, 0.4) is 0 Å². The van der Waals surface area contributed by atoms with E-state index in [1.54, 1.807) is 13.0 Å². The normalized spacial score (nSPS) is 25.7. The van der Waals surface area contributed by atoms with Crippen molar-refractivity contribution in [2.24, 2.45) is 11.8 Å². The van der Waals surface area contributed by atoms with Crippen LogP contribution in [0.2, 0.25) is 0 Å². The minimum absolute atomic E-state index is 0.163. The summed E-state index contributed by atoms with van der Waals surface area (Å²) in [6.45, 7) is 2.34. The van der Waals surface area contributed by atoms with Crippen molar-refractivity contribution in [3.63, 3.8) is 0 Å².